The Hall–Kier alpha value is -2.47. The van der Waals surface area contributed by atoms with E-state index in [2.05, 4.69) is 16.8 Å². The molecule has 2 N–H and O–H groups in total. The Kier molecular flexibility index (Phi) is 3.72. The summed E-state index contributed by atoms with van der Waals surface area (Å²) in [6.07, 6.45) is 3.55. The highest BCUT2D eigenvalue weighted by atomic mass is 16.5. The first-order valence-electron chi connectivity index (χ1n) is 9.58. The highest BCUT2D eigenvalue weighted by Crippen LogP contribution is 2.47. The molecule has 1 aromatic carbocycles. The van der Waals surface area contributed by atoms with E-state index < -0.39 is 0 Å². The number of hydrogen-bond donors (Lipinski definition) is 2. The maximum Gasteiger partial charge on any atom is 0.337 e. The quantitative estimate of drug-likeness (QED) is 0.757. The van der Waals surface area contributed by atoms with Crippen molar-refractivity contribution in [2.75, 3.05) is 20.2 Å². The zero-order valence-corrected chi connectivity index (χ0v) is 15.6. The van der Waals surface area contributed by atoms with Crippen molar-refractivity contribution in [3.05, 3.63) is 41.3 Å². The molecule has 3 aliphatic rings. The molecule has 2 aromatic rings. The number of phenols is 1. The molecule has 1 saturated heterocycles. The first-order chi connectivity index (χ1) is 13.1. The van der Waals surface area contributed by atoms with Crippen LogP contribution in [0.5, 0.6) is 5.75 Å². The van der Waals surface area contributed by atoms with Crippen molar-refractivity contribution in [1.82, 2.24) is 9.88 Å². The Labute approximate surface area is 157 Å². The van der Waals surface area contributed by atoms with Gasteiger partial charge < -0.3 is 19.6 Å². The summed E-state index contributed by atoms with van der Waals surface area (Å²) < 4.78 is 10.8. The van der Waals surface area contributed by atoms with Gasteiger partial charge in [-0.25, -0.2) is 4.79 Å². The number of benzene rings is 1. The molecule has 1 aromatic heterocycles. The number of H-pyrrole nitrogens is 1. The second-order valence-electron chi connectivity index (χ2n) is 7.92. The van der Waals surface area contributed by atoms with Gasteiger partial charge in [-0.1, -0.05) is 0 Å². The van der Waals surface area contributed by atoms with Crippen molar-refractivity contribution in [3.63, 3.8) is 0 Å². The SMILES string of the molecule is COC(=O)C1=CO[C@@H](C)[C@@H]2CN3CCc4c([nH]c5cc(O)ccc45)[C@H]3C[C@H]12. The molecule has 6 heteroatoms. The fourth-order valence-corrected chi connectivity index (χ4v) is 5.23. The molecule has 5 rings (SSSR count). The molecule has 0 unspecified atom stereocenters. The van der Waals surface area contributed by atoms with E-state index in [1.165, 1.54) is 23.8 Å². The third-order valence-corrected chi connectivity index (χ3v) is 6.62. The number of aromatic amines is 1. The number of carbonyl (C=O) groups excluding carboxylic acids is 1. The van der Waals surface area contributed by atoms with Gasteiger partial charge in [0, 0.05) is 47.6 Å². The summed E-state index contributed by atoms with van der Waals surface area (Å²) in [5.41, 5.74) is 4.20. The minimum absolute atomic E-state index is 0.0883. The average molecular weight is 368 g/mol. The van der Waals surface area contributed by atoms with Crippen LogP contribution in [0.1, 0.15) is 30.6 Å². The number of nitrogens with zero attached hydrogens (tertiary/aromatic N) is 1. The van der Waals surface area contributed by atoms with E-state index in [1.54, 1.807) is 18.4 Å². The number of esters is 1. The maximum atomic E-state index is 12.3. The number of hydrogen-bond acceptors (Lipinski definition) is 5. The first-order valence-corrected chi connectivity index (χ1v) is 9.58. The molecule has 27 heavy (non-hydrogen) atoms. The molecule has 142 valence electrons. The highest BCUT2D eigenvalue weighted by Gasteiger charge is 2.46. The van der Waals surface area contributed by atoms with Crippen molar-refractivity contribution >= 4 is 16.9 Å². The normalized spacial score (nSPS) is 29.9. The summed E-state index contributed by atoms with van der Waals surface area (Å²) in [5, 5.41) is 11.0. The molecule has 4 heterocycles. The molecular weight excluding hydrogens is 344 g/mol. The number of piperidine rings is 1. The number of carbonyl (C=O) groups is 1. The summed E-state index contributed by atoms with van der Waals surface area (Å²) in [4.78, 5) is 18.4. The van der Waals surface area contributed by atoms with Crippen LogP contribution in [-0.2, 0) is 20.7 Å². The molecule has 4 atom stereocenters. The van der Waals surface area contributed by atoms with Gasteiger partial charge >= 0.3 is 5.97 Å². The van der Waals surface area contributed by atoms with Crippen LogP contribution in [0.3, 0.4) is 0 Å². The Bertz CT molecular complexity index is 947. The van der Waals surface area contributed by atoms with E-state index in [-0.39, 0.29) is 35.7 Å². The van der Waals surface area contributed by atoms with E-state index in [4.69, 9.17) is 9.47 Å². The van der Waals surface area contributed by atoms with E-state index in [0.29, 0.717) is 5.57 Å². The first kappa shape index (κ1) is 16.7. The van der Waals surface area contributed by atoms with Crippen LogP contribution < -0.4 is 0 Å². The largest absolute Gasteiger partial charge is 0.508 e. The summed E-state index contributed by atoms with van der Waals surface area (Å²) in [5.74, 6) is 0.405. The van der Waals surface area contributed by atoms with E-state index in [9.17, 15) is 9.90 Å². The molecule has 3 aliphatic heterocycles. The number of ether oxygens (including phenoxy) is 2. The van der Waals surface area contributed by atoms with Gasteiger partial charge in [-0.2, -0.15) is 0 Å². The second kappa shape index (κ2) is 6.02. The van der Waals surface area contributed by atoms with Gasteiger partial charge in [0.05, 0.1) is 31.1 Å². The van der Waals surface area contributed by atoms with Gasteiger partial charge in [-0.05, 0) is 37.5 Å². The second-order valence-corrected chi connectivity index (χ2v) is 7.92. The lowest BCUT2D eigenvalue weighted by Gasteiger charge is -2.49. The Balaban J connectivity index is 1.55. The van der Waals surface area contributed by atoms with Crippen molar-refractivity contribution in [3.8, 4) is 5.75 Å². The van der Waals surface area contributed by atoms with Gasteiger partial charge in [0.2, 0.25) is 0 Å². The predicted molar refractivity (Wildman–Crippen MR) is 100 cm³/mol. The van der Waals surface area contributed by atoms with Gasteiger partial charge in [-0.3, -0.25) is 4.90 Å². The minimum atomic E-state index is -0.289. The fourth-order valence-electron chi connectivity index (χ4n) is 5.23. The van der Waals surface area contributed by atoms with E-state index >= 15 is 0 Å². The number of fused-ring (bicyclic) bond motifs is 6. The highest BCUT2D eigenvalue weighted by molar-refractivity contribution is 5.89. The lowest BCUT2D eigenvalue weighted by molar-refractivity contribution is -0.139. The van der Waals surface area contributed by atoms with Gasteiger partial charge in [-0.15, -0.1) is 0 Å². The van der Waals surface area contributed by atoms with E-state index in [1.807, 2.05) is 6.07 Å². The predicted octanol–water partition coefficient (Wildman–Crippen LogP) is 2.88. The Morgan fingerprint density at radius 3 is 3.07 bits per heavy atom. The molecular formula is C21H24N2O4. The van der Waals surface area contributed by atoms with Crippen LogP contribution in [0.15, 0.2) is 30.0 Å². The maximum absolute atomic E-state index is 12.3. The zero-order chi connectivity index (χ0) is 18.7. The Morgan fingerprint density at radius 1 is 1.41 bits per heavy atom. The van der Waals surface area contributed by atoms with E-state index in [0.717, 1.165) is 31.4 Å². The number of methoxy groups -OCH3 is 1. The molecule has 0 saturated carbocycles. The standard InChI is InChI=1S/C21H24N2O4/c1-11-16-9-23-6-5-14-13-4-3-12(24)7-18(13)22-20(14)19(23)8-15(16)17(10-27-11)21(25)26-2/h3-4,7,10-11,15-16,19,22,24H,5-6,8-9H2,1-2H3/t11-,15-,16-,19+/m0/s1. The number of rotatable bonds is 1. The Morgan fingerprint density at radius 2 is 2.26 bits per heavy atom. The fraction of sp³-hybridized carbons (Fsp3) is 0.476. The summed E-state index contributed by atoms with van der Waals surface area (Å²) in [6, 6.07) is 5.78. The molecule has 0 aliphatic carbocycles. The number of aromatic nitrogens is 1. The number of phenolic OH excluding ortho intramolecular Hbond substituents is 1. The lowest BCUT2D eigenvalue weighted by atomic mass is 9.72. The average Bonchev–Trinajstić information content (AvgIpc) is 3.04. The third kappa shape index (κ3) is 2.46. The summed E-state index contributed by atoms with van der Waals surface area (Å²) in [7, 11) is 1.42. The zero-order valence-electron chi connectivity index (χ0n) is 15.6. The number of nitrogens with one attached hydrogen (secondary N) is 1. The van der Waals surface area contributed by atoms with Gasteiger partial charge in [0.15, 0.2) is 0 Å². The van der Waals surface area contributed by atoms with Crippen LogP contribution in [0.2, 0.25) is 0 Å². The van der Waals surface area contributed by atoms with Crippen LogP contribution in [0.4, 0.5) is 0 Å². The molecule has 1 fully saturated rings. The lowest BCUT2D eigenvalue weighted by Crippen LogP contribution is -2.51. The van der Waals surface area contributed by atoms with Crippen molar-refractivity contribution in [2.24, 2.45) is 11.8 Å². The van der Waals surface area contributed by atoms with Crippen molar-refractivity contribution < 1.29 is 19.4 Å². The van der Waals surface area contributed by atoms with Gasteiger partial charge in [0.25, 0.3) is 0 Å². The summed E-state index contributed by atoms with van der Waals surface area (Å²) in [6.45, 7) is 3.99. The van der Waals surface area contributed by atoms with Crippen molar-refractivity contribution in [2.45, 2.75) is 31.9 Å². The number of aromatic hydroxyl groups is 1. The van der Waals surface area contributed by atoms with Crippen LogP contribution in [0, 0.1) is 11.8 Å². The van der Waals surface area contributed by atoms with Crippen LogP contribution in [-0.4, -0.2) is 47.3 Å². The summed E-state index contributed by atoms with van der Waals surface area (Å²) >= 11 is 0. The molecule has 0 bridgehead atoms. The van der Waals surface area contributed by atoms with Gasteiger partial charge in [0.1, 0.15) is 5.75 Å². The molecule has 6 nitrogen and oxygen atoms in total. The monoisotopic (exact) mass is 368 g/mol. The van der Waals surface area contributed by atoms with Crippen LogP contribution in [0.25, 0.3) is 10.9 Å². The van der Waals surface area contributed by atoms with Crippen LogP contribution >= 0.6 is 0 Å². The topological polar surface area (TPSA) is 74.8 Å². The molecule has 0 spiro atoms. The smallest absolute Gasteiger partial charge is 0.337 e. The third-order valence-electron chi connectivity index (χ3n) is 6.62. The van der Waals surface area contributed by atoms with Crippen molar-refractivity contribution in [1.29, 1.82) is 0 Å². The molecule has 0 amide bonds. The molecule has 0 radical (unpaired) electrons. The minimum Gasteiger partial charge on any atom is -0.508 e.